The number of halogens is 1. The Morgan fingerprint density at radius 2 is 1.91 bits per heavy atom. The van der Waals surface area contributed by atoms with Crippen LogP contribution < -0.4 is 10.1 Å². The van der Waals surface area contributed by atoms with E-state index in [2.05, 4.69) is 10.4 Å². The van der Waals surface area contributed by atoms with Crippen molar-refractivity contribution in [2.45, 2.75) is 27.0 Å². The van der Waals surface area contributed by atoms with Crippen molar-refractivity contribution in [3.05, 3.63) is 113 Å². The monoisotopic (exact) mass is 429 g/mol. The van der Waals surface area contributed by atoms with Crippen LogP contribution in [0, 0.1) is 19.7 Å². The van der Waals surface area contributed by atoms with E-state index in [1.807, 2.05) is 50.2 Å². The van der Waals surface area contributed by atoms with Crippen LogP contribution in [-0.4, -0.2) is 15.7 Å². The number of ether oxygens (including phenoxy) is 1. The maximum absolute atomic E-state index is 13.8. The molecule has 1 aromatic heterocycles. The number of hydrogen-bond donors (Lipinski definition) is 1. The number of carbonyl (C=O) groups excluding carboxylic acids is 1. The Bertz CT molecular complexity index is 1250. The standard InChI is InChI=1S/C26H24FN3O2/c1-18-10-11-19(2)25(12-18)32-17-20-6-5-8-21(13-20)26(31)29-23-14-28-30(16-23)15-22-7-3-4-9-24(22)27/h3-14,16H,15,17H2,1-2H3,(H,29,31). The predicted octanol–water partition coefficient (Wildman–Crippen LogP) is 5.52. The Morgan fingerprint density at radius 3 is 2.75 bits per heavy atom. The lowest BCUT2D eigenvalue weighted by Crippen LogP contribution is -2.12. The smallest absolute Gasteiger partial charge is 0.255 e. The van der Waals surface area contributed by atoms with Crippen molar-refractivity contribution in [3.63, 3.8) is 0 Å². The van der Waals surface area contributed by atoms with Gasteiger partial charge in [-0.25, -0.2) is 4.39 Å². The van der Waals surface area contributed by atoms with Gasteiger partial charge in [0, 0.05) is 17.3 Å². The van der Waals surface area contributed by atoms with E-state index in [9.17, 15) is 9.18 Å². The SMILES string of the molecule is Cc1ccc(C)c(OCc2cccc(C(=O)Nc3cnn(Cc4ccccc4F)c3)c2)c1. The molecule has 162 valence electrons. The summed E-state index contributed by atoms with van der Waals surface area (Å²) in [7, 11) is 0. The molecule has 0 fully saturated rings. The van der Waals surface area contributed by atoms with E-state index in [0.29, 0.717) is 23.4 Å². The topological polar surface area (TPSA) is 56.1 Å². The minimum absolute atomic E-state index is 0.246. The summed E-state index contributed by atoms with van der Waals surface area (Å²) in [4.78, 5) is 12.7. The lowest BCUT2D eigenvalue weighted by Gasteiger charge is -2.11. The molecule has 4 rings (SSSR count). The van der Waals surface area contributed by atoms with E-state index in [0.717, 1.165) is 22.4 Å². The zero-order valence-electron chi connectivity index (χ0n) is 18.0. The summed E-state index contributed by atoms with van der Waals surface area (Å²) in [5, 5.41) is 7.05. The van der Waals surface area contributed by atoms with Crippen LogP contribution in [0.3, 0.4) is 0 Å². The molecule has 0 saturated heterocycles. The van der Waals surface area contributed by atoms with Crippen molar-refractivity contribution < 1.29 is 13.9 Å². The normalized spacial score (nSPS) is 10.7. The highest BCUT2D eigenvalue weighted by Crippen LogP contribution is 2.21. The Morgan fingerprint density at radius 1 is 1.06 bits per heavy atom. The Balaban J connectivity index is 1.39. The predicted molar refractivity (Wildman–Crippen MR) is 122 cm³/mol. The lowest BCUT2D eigenvalue weighted by atomic mass is 10.1. The molecule has 0 unspecified atom stereocenters. The summed E-state index contributed by atoms with van der Waals surface area (Å²) in [6, 6.07) is 19.9. The molecule has 1 heterocycles. The van der Waals surface area contributed by atoms with Crippen molar-refractivity contribution in [2.75, 3.05) is 5.32 Å². The molecule has 3 aromatic carbocycles. The fourth-order valence-corrected chi connectivity index (χ4v) is 3.35. The highest BCUT2D eigenvalue weighted by Gasteiger charge is 2.10. The molecular formula is C26H24FN3O2. The van der Waals surface area contributed by atoms with Gasteiger partial charge in [0.2, 0.25) is 0 Å². The van der Waals surface area contributed by atoms with Crippen LogP contribution in [0.4, 0.5) is 10.1 Å². The highest BCUT2D eigenvalue weighted by molar-refractivity contribution is 6.04. The number of aryl methyl sites for hydroxylation is 2. The molecule has 32 heavy (non-hydrogen) atoms. The van der Waals surface area contributed by atoms with Gasteiger partial charge in [-0.15, -0.1) is 0 Å². The molecule has 0 aliphatic heterocycles. The van der Waals surface area contributed by atoms with E-state index in [-0.39, 0.29) is 18.3 Å². The minimum atomic E-state index is -0.284. The van der Waals surface area contributed by atoms with Crippen molar-refractivity contribution in [2.24, 2.45) is 0 Å². The number of hydrogen-bond acceptors (Lipinski definition) is 3. The number of nitrogens with one attached hydrogen (secondary N) is 1. The van der Waals surface area contributed by atoms with E-state index >= 15 is 0 Å². The van der Waals surface area contributed by atoms with Crippen LogP contribution in [0.5, 0.6) is 5.75 Å². The first-order valence-corrected chi connectivity index (χ1v) is 10.3. The van der Waals surface area contributed by atoms with Gasteiger partial charge in [-0.1, -0.05) is 42.5 Å². The molecule has 0 spiro atoms. The van der Waals surface area contributed by atoms with Gasteiger partial charge in [-0.2, -0.15) is 5.10 Å². The fraction of sp³-hybridized carbons (Fsp3) is 0.154. The number of benzene rings is 3. The second kappa shape index (κ2) is 9.47. The third kappa shape index (κ3) is 5.21. The van der Waals surface area contributed by atoms with Crippen LogP contribution in [-0.2, 0) is 13.2 Å². The van der Waals surface area contributed by atoms with E-state index < -0.39 is 0 Å². The zero-order chi connectivity index (χ0) is 22.5. The molecule has 0 atom stereocenters. The van der Waals surface area contributed by atoms with E-state index in [1.165, 1.54) is 6.07 Å². The minimum Gasteiger partial charge on any atom is -0.489 e. The van der Waals surface area contributed by atoms with Gasteiger partial charge in [0.1, 0.15) is 18.2 Å². The molecule has 0 aliphatic rings. The van der Waals surface area contributed by atoms with Crippen LogP contribution in [0.1, 0.15) is 32.6 Å². The zero-order valence-corrected chi connectivity index (χ0v) is 18.0. The molecule has 6 heteroatoms. The Hall–Kier alpha value is -3.93. The highest BCUT2D eigenvalue weighted by atomic mass is 19.1. The molecule has 0 saturated carbocycles. The molecule has 1 N–H and O–H groups in total. The number of rotatable bonds is 7. The van der Waals surface area contributed by atoms with Gasteiger partial charge in [0.25, 0.3) is 5.91 Å². The van der Waals surface area contributed by atoms with E-state index in [1.54, 1.807) is 41.3 Å². The summed E-state index contributed by atoms with van der Waals surface area (Å²) in [5.41, 5.74) is 4.70. The van der Waals surface area contributed by atoms with Crippen molar-refractivity contribution >= 4 is 11.6 Å². The molecule has 0 aliphatic carbocycles. The molecule has 0 bridgehead atoms. The molecule has 4 aromatic rings. The number of anilines is 1. The summed E-state index contributed by atoms with van der Waals surface area (Å²) in [6.07, 6.45) is 3.23. The van der Waals surface area contributed by atoms with Crippen LogP contribution in [0.15, 0.2) is 79.1 Å². The first kappa shape index (κ1) is 21.3. The van der Waals surface area contributed by atoms with Crippen molar-refractivity contribution in [3.8, 4) is 5.75 Å². The second-order valence-corrected chi connectivity index (χ2v) is 7.73. The van der Waals surface area contributed by atoms with Crippen molar-refractivity contribution in [1.82, 2.24) is 9.78 Å². The first-order chi connectivity index (χ1) is 15.5. The number of nitrogens with zero attached hydrogens (tertiary/aromatic N) is 2. The molecule has 0 radical (unpaired) electrons. The summed E-state index contributed by atoms with van der Waals surface area (Å²) >= 11 is 0. The number of amides is 1. The van der Waals surface area contributed by atoms with Gasteiger partial charge < -0.3 is 10.1 Å². The summed E-state index contributed by atoms with van der Waals surface area (Å²) < 4.78 is 21.4. The Labute approximate surface area is 186 Å². The van der Waals surface area contributed by atoms with E-state index in [4.69, 9.17) is 4.74 Å². The largest absolute Gasteiger partial charge is 0.489 e. The third-order valence-electron chi connectivity index (χ3n) is 5.11. The fourth-order valence-electron chi connectivity index (χ4n) is 3.35. The molecule has 1 amide bonds. The maximum atomic E-state index is 13.8. The average Bonchev–Trinajstić information content (AvgIpc) is 3.23. The summed E-state index contributed by atoms with van der Waals surface area (Å²) in [6.45, 7) is 4.68. The molecule has 5 nitrogen and oxygen atoms in total. The van der Waals surface area contributed by atoms with Crippen molar-refractivity contribution in [1.29, 1.82) is 0 Å². The average molecular weight is 429 g/mol. The maximum Gasteiger partial charge on any atom is 0.255 e. The van der Waals surface area contributed by atoms with Gasteiger partial charge in [0.15, 0.2) is 0 Å². The number of carbonyl (C=O) groups is 1. The van der Waals surface area contributed by atoms with Gasteiger partial charge in [-0.05, 0) is 54.8 Å². The van der Waals surface area contributed by atoms with Gasteiger partial charge in [0.05, 0.1) is 18.4 Å². The van der Waals surface area contributed by atoms with Gasteiger partial charge in [-0.3, -0.25) is 9.48 Å². The van der Waals surface area contributed by atoms with Crippen LogP contribution >= 0.6 is 0 Å². The molecular weight excluding hydrogens is 405 g/mol. The second-order valence-electron chi connectivity index (χ2n) is 7.73. The first-order valence-electron chi connectivity index (χ1n) is 10.3. The Kier molecular flexibility index (Phi) is 6.31. The third-order valence-corrected chi connectivity index (χ3v) is 5.11. The summed E-state index contributed by atoms with van der Waals surface area (Å²) in [5.74, 6) is 0.305. The van der Waals surface area contributed by atoms with Crippen LogP contribution in [0.25, 0.3) is 0 Å². The van der Waals surface area contributed by atoms with Gasteiger partial charge >= 0.3 is 0 Å². The number of aromatic nitrogens is 2. The van der Waals surface area contributed by atoms with Crippen LogP contribution in [0.2, 0.25) is 0 Å². The quantitative estimate of drug-likeness (QED) is 0.421. The lowest BCUT2D eigenvalue weighted by molar-refractivity contribution is 0.102.